The first kappa shape index (κ1) is 51.6. The van der Waals surface area contributed by atoms with E-state index in [4.69, 9.17) is 9.47 Å². The summed E-state index contributed by atoms with van der Waals surface area (Å²) in [7, 11) is -4.57. The van der Waals surface area contributed by atoms with Crippen LogP contribution in [0.5, 0.6) is 0 Å². The molecule has 1 N–H and O–H groups in total. The number of hydrogen-bond donors (Lipinski definition) is 1. The van der Waals surface area contributed by atoms with E-state index in [2.05, 4.69) is 38.2 Å². The molecule has 1 rings (SSSR count). The molecule has 56 heavy (non-hydrogen) atoms. The van der Waals surface area contributed by atoms with E-state index >= 15 is 0 Å². The summed E-state index contributed by atoms with van der Waals surface area (Å²) in [5, 5.41) is 0. The minimum Gasteiger partial charge on any atom is -0.462 e. The highest BCUT2D eigenvalue weighted by molar-refractivity contribution is 7.85. The molecular weight excluding hydrogens is 721 g/mol. The van der Waals surface area contributed by atoms with Gasteiger partial charge in [-0.05, 0) is 69.6 Å². The largest absolute Gasteiger partial charge is 0.462 e. The van der Waals surface area contributed by atoms with E-state index in [0.717, 1.165) is 63.5 Å². The Bertz CT molecular complexity index is 1270. The number of unbranched alkanes of at least 4 members (excludes halogenated alkanes) is 28. The van der Waals surface area contributed by atoms with Gasteiger partial charge in [-0.3, -0.25) is 4.55 Å². The van der Waals surface area contributed by atoms with Crippen molar-refractivity contribution < 1.29 is 32.0 Å². The summed E-state index contributed by atoms with van der Waals surface area (Å²) >= 11 is 0. The van der Waals surface area contributed by atoms with Gasteiger partial charge in [0.1, 0.15) is 0 Å². The van der Waals surface area contributed by atoms with Gasteiger partial charge in [0.25, 0.3) is 10.1 Å². The monoisotopic (exact) mass is 803 g/mol. The van der Waals surface area contributed by atoms with Crippen LogP contribution in [0, 0.1) is 0 Å². The van der Waals surface area contributed by atoms with Gasteiger partial charge in [0.2, 0.25) is 0 Å². The Morgan fingerprint density at radius 1 is 0.464 bits per heavy atom. The van der Waals surface area contributed by atoms with Gasteiger partial charge in [-0.1, -0.05) is 192 Å². The van der Waals surface area contributed by atoms with Crippen molar-refractivity contribution in [2.24, 2.45) is 0 Å². The highest BCUT2D eigenvalue weighted by Crippen LogP contribution is 2.20. The van der Waals surface area contributed by atoms with Gasteiger partial charge in [-0.25, -0.2) is 9.59 Å². The minimum absolute atomic E-state index is 0.0577. The Balaban J connectivity index is 2.17. The summed E-state index contributed by atoms with van der Waals surface area (Å²) in [5.41, 5.74) is -0.266. The normalized spacial score (nSPS) is 11.9. The molecule has 0 radical (unpaired) electrons. The van der Waals surface area contributed by atoms with Gasteiger partial charge < -0.3 is 9.47 Å². The van der Waals surface area contributed by atoms with Crippen molar-refractivity contribution >= 4 is 22.1 Å². The van der Waals surface area contributed by atoms with E-state index in [0.29, 0.717) is 6.42 Å². The lowest BCUT2D eigenvalue weighted by atomic mass is 10.0. The van der Waals surface area contributed by atoms with Crippen LogP contribution in [0.25, 0.3) is 0 Å². The van der Waals surface area contributed by atoms with Crippen LogP contribution in [0.1, 0.15) is 240 Å². The van der Waals surface area contributed by atoms with Crippen LogP contribution in [-0.2, 0) is 19.6 Å². The third kappa shape index (κ3) is 29.7. The second kappa shape index (κ2) is 36.9. The van der Waals surface area contributed by atoms with Gasteiger partial charge in [0.05, 0.1) is 29.2 Å². The lowest BCUT2D eigenvalue weighted by Crippen LogP contribution is -2.16. The Kier molecular flexibility index (Phi) is 33.9. The van der Waals surface area contributed by atoms with E-state index in [1.807, 2.05) is 0 Å². The standard InChI is InChI=1S/C48H82O7S/c1-3-5-7-9-11-13-15-17-19-21-23-25-27-29-31-33-35-37-41-54-47(49)45-40-39-44(56(51,52)53)43-46(45)48(50)55-42-38-36-34-32-30-28-26-24-22-20-18-16-14-12-10-8-6-4-2/h5-8,39-40,43H,3-4,9-38,41-42H2,1-2H3,(H,51,52,53)/b7-5+,8-6+. The molecule has 0 aliphatic rings. The summed E-state index contributed by atoms with van der Waals surface area (Å²) in [4.78, 5) is 25.4. The molecule has 0 aliphatic carbocycles. The molecule has 0 aromatic heterocycles. The topological polar surface area (TPSA) is 107 Å². The van der Waals surface area contributed by atoms with Gasteiger partial charge in [0.15, 0.2) is 0 Å². The number of ether oxygens (including phenoxy) is 2. The smallest absolute Gasteiger partial charge is 0.339 e. The Hall–Kier alpha value is -2.45. The predicted molar refractivity (Wildman–Crippen MR) is 234 cm³/mol. The molecule has 0 spiro atoms. The fraction of sp³-hybridized carbons (Fsp3) is 0.750. The zero-order valence-electron chi connectivity index (χ0n) is 35.9. The van der Waals surface area contributed by atoms with Crippen molar-refractivity contribution in [3.63, 3.8) is 0 Å². The number of rotatable bonds is 39. The molecule has 1 aromatic carbocycles. The first-order chi connectivity index (χ1) is 27.3. The molecule has 0 amide bonds. The average molecular weight is 803 g/mol. The Morgan fingerprint density at radius 2 is 0.768 bits per heavy atom. The number of carbonyl (C=O) groups excluding carboxylic acids is 2. The van der Waals surface area contributed by atoms with Crippen LogP contribution in [0.2, 0.25) is 0 Å². The van der Waals surface area contributed by atoms with Crippen LogP contribution in [-0.4, -0.2) is 38.1 Å². The van der Waals surface area contributed by atoms with Crippen molar-refractivity contribution in [1.29, 1.82) is 0 Å². The van der Waals surface area contributed by atoms with Crippen molar-refractivity contribution in [3.05, 3.63) is 53.6 Å². The van der Waals surface area contributed by atoms with Gasteiger partial charge in [0, 0.05) is 0 Å². The van der Waals surface area contributed by atoms with E-state index < -0.39 is 27.0 Å². The number of allylic oxidation sites excluding steroid dienone is 4. The van der Waals surface area contributed by atoms with E-state index in [1.165, 1.54) is 154 Å². The molecule has 7 nitrogen and oxygen atoms in total. The van der Waals surface area contributed by atoms with E-state index in [-0.39, 0.29) is 24.3 Å². The first-order valence-electron chi connectivity index (χ1n) is 23.1. The maximum Gasteiger partial charge on any atom is 0.339 e. The molecule has 0 atom stereocenters. The fourth-order valence-electron chi connectivity index (χ4n) is 7.06. The Labute approximate surface area is 344 Å². The van der Waals surface area contributed by atoms with Crippen LogP contribution in [0.3, 0.4) is 0 Å². The zero-order chi connectivity index (χ0) is 40.8. The molecule has 0 heterocycles. The maximum absolute atomic E-state index is 13.0. The first-order valence-corrected chi connectivity index (χ1v) is 24.5. The summed E-state index contributed by atoms with van der Waals surface area (Å²) in [6.07, 6.45) is 48.1. The second-order valence-corrected chi connectivity index (χ2v) is 17.1. The summed E-state index contributed by atoms with van der Waals surface area (Å²) in [6, 6.07) is 3.31. The van der Waals surface area contributed by atoms with Crippen LogP contribution < -0.4 is 0 Å². The number of benzene rings is 1. The highest BCUT2D eigenvalue weighted by Gasteiger charge is 2.23. The third-order valence-electron chi connectivity index (χ3n) is 10.5. The molecule has 0 unspecified atom stereocenters. The molecular formula is C48H82O7S. The van der Waals surface area contributed by atoms with Crippen molar-refractivity contribution in [1.82, 2.24) is 0 Å². The van der Waals surface area contributed by atoms with Gasteiger partial charge in [-0.15, -0.1) is 0 Å². The molecule has 0 aliphatic heterocycles. The van der Waals surface area contributed by atoms with Crippen molar-refractivity contribution in [3.8, 4) is 0 Å². The molecule has 0 bridgehead atoms. The fourth-order valence-corrected chi connectivity index (χ4v) is 7.56. The van der Waals surface area contributed by atoms with Gasteiger partial charge >= 0.3 is 11.9 Å². The maximum atomic E-state index is 13.0. The lowest BCUT2D eigenvalue weighted by molar-refractivity contribution is 0.0450. The third-order valence-corrected chi connectivity index (χ3v) is 11.4. The molecule has 0 fully saturated rings. The van der Waals surface area contributed by atoms with E-state index in [9.17, 15) is 22.6 Å². The molecule has 0 saturated carbocycles. The zero-order valence-corrected chi connectivity index (χ0v) is 36.7. The lowest BCUT2D eigenvalue weighted by Gasteiger charge is -2.11. The summed E-state index contributed by atoms with van der Waals surface area (Å²) in [6.45, 7) is 4.76. The van der Waals surface area contributed by atoms with Gasteiger partial charge in [-0.2, -0.15) is 8.42 Å². The van der Waals surface area contributed by atoms with Crippen molar-refractivity contribution in [2.45, 2.75) is 224 Å². The van der Waals surface area contributed by atoms with Crippen LogP contribution in [0.4, 0.5) is 0 Å². The quantitative estimate of drug-likeness (QED) is 0.0306. The number of hydrogen-bond acceptors (Lipinski definition) is 6. The summed E-state index contributed by atoms with van der Waals surface area (Å²) in [5.74, 6) is -1.49. The van der Waals surface area contributed by atoms with Crippen LogP contribution in [0.15, 0.2) is 47.4 Å². The minimum atomic E-state index is -4.57. The second-order valence-electron chi connectivity index (χ2n) is 15.7. The SMILES string of the molecule is CC/C=C/CCCCCCCCCCCCCCCCOC(=O)c1ccc(S(=O)(=O)O)cc1C(=O)OCCCCCCCCCCCCCCCC/C=C/CC. The summed E-state index contributed by atoms with van der Waals surface area (Å²) < 4.78 is 44.0. The number of esters is 2. The highest BCUT2D eigenvalue weighted by atomic mass is 32.2. The molecule has 1 aromatic rings. The van der Waals surface area contributed by atoms with E-state index in [1.54, 1.807) is 0 Å². The molecule has 0 saturated heterocycles. The predicted octanol–water partition coefficient (Wildman–Crippen LogP) is 14.9. The van der Waals surface area contributed by atoms with Crippen LogP contribution >= 0.6 is 0 Å². The van der Waals surface area contributed by atoms with Crippen molar-refractivity contribution in [2.75, 3.05) is 13.2 Å². The number of carbonyl (C=O) groups is 2. The Morgan fingerprint density at radius 3 is 1.09 bits per heavy atom. The average Bonchev–Trinajstić information content (AvgIpc) is 3.18. The molecule has 322 valence electrons. The molecule has 8 heteroatoms.